The van der Waals surface area contributed by atoms with E-state index in [1.165, 1.54) is 17.6 Å². The van der Waals surface area contributed by atoms with Gasteiger partial charge in [-0.05, 0) is 80.0 Å². The highest BCUT2D eigenvalue weighted by Gasteiger charge is 2.45. The number of rotatable bonds is 3. The number of carbonyl (C=O) groups excluding carboxylic acids is 1. The molecule has 0 radical (unpaired) electrons. The quantitative estimate of drug-likeness (QED) is 0.704. The first-order valence-corrected chi connectivity index (χ1v) is 10.7. The van der Waals surface area contributed by atoms with E-state index in [0.29, 0.717) is 47.8 Å². The van der Waals surface area contributed by atoms with Gasteiger partial charge in [0.15, 0.2) is 0 Å². The fourth-order valence-corrected chi connectivity index (χ4v) is 6.78. The Morgan fingerprint density at radius 2 is 1.88 bits per heavy atom. The fraction of sp³-hybridized carbons (Fsp3) is 0.783. The summed E-state index contributed by atoms with van der Waals surface area (Å²) in [5, 5.41) is 0. The molecule has 4 aliphatic rings. The van der Waals surface area contributed by atoms with E-state index in [0.717, 1.165) is 25.7 Å². The van der Waals surface area contributed by atoms with Crippen LogP contribution in [0.25, 0.3) is 0 Å². The second kappa shape index (κ2) is 6.80. The topological polar surface area (TPSA) is 43.1 Å². The van der Waals surface area contributed by atoms with Crippen LogP contribution in [0.5, 0.6) is 0 Å². The predicted molar refractivity (Wildman–Crippen MR) is 103 cm³/mol. The molecule has 4 rings (SSSR count). The molecule has 0 aliphatic heterocycles. The lowest BCUT2D eigenvalue weighted by Crippen LogP contribution is -2.42. The van der Waals surface area contributed by atoms with Crippen LogP contribution in [0, 0.1) is 47.3 Å². The van der Waals surface area contributed by atoms with Crippen molar-refractivity contribution in [1.82, 2.24) is 0 Å². The second-order valence-corrected chi connectivity index (χ2v) is 9.85. The van der Waals surface area contributed by atoms with Crippen LogP contribution in [0.4, 0.5) is 4.39 Å². The summed E-state index contributed by atoms with van der Waals surface area (Å²) in [4.78, 5) is 11.8. The molecule has 4 aliphatic carbocycles. The van der Waals surface area contributed by atoms with Crippen LogP contribution >= 0.6 is 0 Å². The highest BCUT2D eigenvalue weighted by atomic mass is 19.1. The summed E-state index contributed by atoms with van der Waals surface area (Å²) in [6.45, 7) is 6.96. The fourth-order valence-electron chi connectivity index (χ4n) is 6.78. The zero-order valence-electron chi connectivity index (χ0n) is 16.5. The lowest BCUT2D eigenvalue weighted by Gasteiger charge is -2.49. The first kappa shape index (κ1) is 18.3. The van der Waals surface area contributed by atoms with Crippen molar-refractivity contribution >= 4 is 5.91 Å². The standard InChI is InChI=1S/C23H34FNO/c1-12-5-16-9-19(24)10-21(14(12)3)22(16)11-20-13(2)4-15-6-17(20)8-18(7-15)23(25)26/h4-5,12-14,17-22H,6-11H2,1-3H3,(H2,25,26). The summed E-state index contributed by atoms with van der Waals surface area (Å²) >= 11 is 0. The van der Waals surface area contributed by atoms with Crippen molar-refractivity contribution < 1.29 is 9.18 Å². The third-order valence-corrected chi connectivity index (χ3v) is 8.29. The van der Waals surface area contributed by atoms with Crippen LogP contribution in [-0.2, 0) is 4.79 Å². The molecule has 3 heteroatoms. The molecule has 2 fully saturated rings. The molecule has 26 heavy (non-hydrogen) atoms. The van der Waals surface area contributed by atoms with Gasteiger partial charge in [-0.3, -0.25) is 4.79 Å². The Kier molecular flexibility index (Phi) is 4.77. The number of allylic oxidation sites excluding steroid dienone is 4. The number of carbonyl (C=O) groups is 1. The zero-order chi connectivity index (χ0) is 18.6. The number of amides is 1. The summed E-state index contributed by atoms with van der Waals surface area (Å²) in [6.07, 6.45) is 9.69. The maximum absolute atomic E-state index is 14.3. The van der Waals surface area contributed by atoms with E-state index in [-0.39, 0.29) is 11.8 Å². The molecule has 0 heterocycles. The van der Waals surface area contributed by atoms with E-state index >= 15 is 0 Å². The zero-order valence-corrected chi connectivity index (χ0v) is 16.5. The first-order valence-electron chi connectivity index (χ1n) is 10.7. The van der Waals surface area contributed by atoms with Crippen LogP contribution in [-0.4, -0.2) is 12.1 Å². The average Bonchev–Trinajstić information content (AvgIpc) is 2.57. The smallest absolute Gasteiger partial charge is 0.220 e. The van der Waals surface area contributed by atoms with E-state index < -0.39 is 6.17 Å². The minimum atomic E-state index is -0.651. The molecule has 144 valence electrons. The van der Waals surface area contributed by atoms with Gasteiger partial charge in [-0.15, -0.1) is 0 Å². The lowest BCUT2D eigenvalue weighted by molar-refractivity contribution is -0.123. The molecule has 0 aromatic rings. The van der Waals surface area contributed by atoms with Crippen molar-refractivity contribution in [2.24, 2.45) is 53.1 Å². The summed E-state index contributed by atoms with van der Waals surface area (Å²) in [6, 6.07) is 0. The molecule has 0 aromatic carbocycles. The van der Waals surface area contributed by atoms with Crippen LogP contribution < -0.4 is 5.73 Å². The Labute approximate surface area is 157 Å². The maximum Gasteiger partial charge on any atom is 0.220 e. The monoisotopic (exact) mass is 359 g/mol. The molecule has 9 unspecified atom stereocenters. The Balaban J connectivity index is 1.57. The van der Waals surface area contributed by atoms with E-state index in [2.05, 4.69) is 32.9 Å². The second-order valence-electron chi connectivity index (χ2n) is 9.85. The van der Waals surface area contributed by atoms with Gasteiger partial charge in [0.2, 0.25) is 5.91 Å². The minimum Gasteiger partial charge on any atom is -0.369 e. The van der Waals surface area contributed by atoms with E-state index in [1.54, 1.807) is 0 Å². The van der Waals surface area contributed by atoms with Gasteiger partial charge in [-0.25, -0.2) is 4.39 Å². The van der Waals surface area contributed by atoms with Gasteiger partial charge in [-0.2, -0.15) is 0 Å². The van der Waals surface area contributed by atoms with Gasteiger partial charge < -0.3 is 5.73 Å². The molecular weight excluding hydrogens is 325 g/mol. The molecular formula is C23H34FNO. The average molecular weight is 360 g/mol. The lowest BCUT2D eigenvalue weighted by atomic mass is 9.56. The predicted octanol–water partition coefficient (Wildman–Crippen LogP) is 5.05. The van der Waals surface area contributed by atoms with Gasteiger partial charge >= 0.3 is 0 Å². The summed E-state index contributed by atoms with van der Waals surface area (Å²) in [7, 11) is 0. The number of primary amides is 1. The van der Waals surface area contributed by atoms with E-state index in [9.17, 15) is 9.18 Å². The van der Waals surface area contributed by atoms with Crippen LogP contribution in [0.15, 0.2) is 23.3 Å². The molecule has 2 nitrogen and oxygen atoms in total. The molecule has 0 saturated heterocycles. The van der Waals surface area contributed by atoms with Crippen LogP contribution in [0.1, 0.15) is 59.3 Å². The van der Waals surface area contributed by atoms with Gasteiger partial charge in [0, 0.05) is 5.92 Å². The molecule has 2 N–H and O–H groups in total. The van der Waals surface area contributed by atoms with Crippen molar-refractivity contribution in [3.8, 4) is 0 Å². The van der Waals surface area contributed by atoms with Crippen molar-refractivity contribution in [2.45, 2.75) is 65.5 Å². The normalized spacial score (nSPS) is 47.8. The van der Waals surface area contributed by atoms with Crippen molar-refractivity contribution in [2.75, 3.05) is 0 Å². The summed E-state index contributed by atoms with van der Waals surface area (Å²) in [5.74, 6) is 3.81. The highest BCUT2D eigenvalue weighted by molar-refractivity contribution is 5.77. The van der Waals surface area contributed by atoms with E-state index in [1.807, 2.05) is 0 Å². The van der Waals surface area contributed by atoms with Gasteiger partial charge in [0.25, 0.3) is 0 Å². The first-order chi connectivity index (χ1) is 12.3. The number of halogens is 1. The Bertz CT molecular complexity index is 638. The third kappa shape index (κ3) is 3.16. The van der Waals surface area contributed by atoms with Gasteiger partial charge in [-0.1, -0.05) is 44.1 Å². The molecule has 2 saturated carbocycles. The van der Waals surface area contributed by atoms with E-state index in [4.69, 9.17) is 5.73 Å². The third-order valence-electron chi connectivity index (χ3n) is 8.29. The Morgan fingerprint density at radius 3 is 2.62 bits per heavy atom. The number of nitrogens with two attached hydrogens (primary N) is 1. The Hall–Kier alpha value is -1.12. The molecule has 9 atom stereocenters. The summed E-state index contributed by atoms with van der Waals surface area (Å²) in [5.41, 5.74) is 8.48. The molecule has 4 bridgehead atoms. The van der Waals surface area contributed by atoms with Crippen molar-refractivity contribution in [3.05, 3.63) is 23.3 Å². The van der Waals surface area contributed by atoms with Gasteiger partial charge in [0.05, 0.1) is 0 Å². The Morgan fingerprint density at radius 1 is 1.12 bits per heavy atom. The summed E-state index contributed by atoms with van der Waals surface area (Å²) < 4.78 is 14.3. The largest absolute Gasteiger partial charge is 0.369 e. The SMILES string of the molecule is CC1C=C2CC(F)CC(C2CC2C(C)C=C3CC(C(N)=O)CC2C3)C1C. The molecule has 1 amide bonds. The van der Waals surface area contributed by atoms with Crippen molar-refractivity contribution in [1.29, 1.82) is 0 Å². The minimum absolute atomic E-state index is 0.0224. The molecule has 0 aromatic heterocycles. The highest BCUT2D eigenvalue weighted by Crippen LogP contribution is 2.53. The number of fused-ring (bicyclic) bond motifs is 4. The van der Waals surface area contributed by atoms with Crippen LogP contribution in [0.2, 0.25) is 0 Å². The van der Waals surface area contributed by atoms with Gasteiger partial charge in [0.1, 0.15) is 6.17 Å². The van der Waals surface area contributed by atoms with Crippen molar-refractivity contribution in [3.63, 3.8) is 0 Å². The maximum atomic E-state index is 14.3. The molecule has 0 spiro atoms. The van der Waals surface area contributed by atoms with Crippen LogP contribution in [0.3, 0.4) is 0 Å². The number of alkyl halides is 1. The number of hydrogen-bond acceptors (Lipinski definition) is 1. The number of hydrogen-bond donors (Lipinski definition) is 1.